The highest BCUT2D eigenvalue weighted by Gasteiger charge is 2.54. The summed E-state index contributed by atoms with van der Waals surface area (Å²) >= 11 is 0. The molecule has 0 aromatic carbocycles. The normalized spacial score (nSPS) is 41.9. The SMILES string of the molecule is NCCOCCOCCOCCO[C@H]1OC(CO)[C@@H](O)[C@H](O)C1O[C@H]1OC(CO)[C@@H](O)[C@H](O)C1O[C@@H]1OC(CO)[C@@H](O)[C@H](O)C1O. The first-order valence-corrected chi connectivity index (χ1v) is 15.0. The molecule has 6 unspecified atom stereocenters. The second kappa shape index (κ2) is 20.0. The van der Waals surface area contributed by atoms with Crippen molar-refractivity contribution in [2.45, 2.75) is 92.1 Å². The predicted octanol–water partition coefficient (Wildman–Crippen LogP) is -7.54. The van der Waals surface area contributed by atoms with Gasteiger partial charge in [0.1, 0.15) is 73.2 Å². The van der Waals surface area contributed by atoms with Crippen LogP contribution in [0.25, 0.3) is 0 Å². The van der Waals surface area contributed by atoms with Crippen molar-refractivity contribution < 1.29 is 93.7 Å². The second-order valence-corrected chi connectivity index (χ2v) is 10.8. The summed E-state index contributed by atoms with van der Waals surface area (Å²) in [6, 6.07) is 0. The van der Waals surface area contributed by atoms with Gasteiger partial charge >= 0.3 is 0 Å². The van der Waals surface area contributed by atoms with Crippen molar-refractivity contribution in [2.75, 3.05) is 72.6 Å². The molecule has 0 saturated carbocycles. The third-order valence-electron chi connectivity index (χ3n) is 7.60. The molecule has 0 bridgehead atoms. The molecule has 3 rings (SSSR count). The number of nitrogens with two attached hydrogens (primary N) is 1. The van der Waals surface area contributed by atoms with Crippen molar-refractivity contribution >= 4 is 0 Å². The van der Waals surface area contributed by atoms with Gasteiger partial charge in [-0.25, -0.2) is 0 Å². The van der Waals surface area contributed by atoms with E-state index in [1.807, 2.05) is 0 Å². The zero-order chi connectivity index (χ0) is 33.8. The molecule has 15 atom stereocenters. The summed E-state index contributed by atoms with van der Waals surface area (Å²) in [5.41, 5.74) is 5.33. The van der Waals surface area contributed by atoms with Crippen molar-refractivity contribution in [1.29, 1.82) is 0 Å². The van der Waals surface area contributed by atoms with Crippen LogP contribution in [-0.2, 0) is 42.6 Å². The molecular formula is C26H49NO19. The molecule has 0 aliphatic carbocycles. The molecule has 20 nitrogen and oxygen atoms in total. The lowest BCUT2D eigenvalue weighted by atomic mass is 9.96. The summed E-state index contributed by atoms with van der Waals surface area (Å²) in [4.78, 5) is 0. The molecule has 0 radical (unpaired) electrons. The van der Waals surface area contributed by atoms with Crippen LogP contribution < -0.4 is 5.73 Å². The Morgan fingerprint density at radius 3 is 1.33 bits per heavy atom. The Morgan fingerprint density at radius 2 is 0.826 bits per heavy atom. The fraction of sp³-hybridized carbons (Fsp3) is 1.00. The van der Waals surface area contributed by atoms with Gasteiger partial charge in [0.25, 0.3) is 0 Å². The summed E-state index contributed by atoms with van der Waals surface area (Å²) < 4.78 is 49.7. The molecule has 0 spiro atoms. The Bertz CT molecular complexity index is 832. The highest BCUT2D eigenvalue weighted by molar-refractivity contribution is 4.96. The first kappa shape index (κ1) is 39.6. The Labute approximate surface area is 264 Å². The largest absolute Gasteiger partial charge is 0.394 e. The second-order valence-electron chi connectivity index (χ2n) is 10.8. The molecule has 3 aliphatic heterocycles. The molecule has 0 amide bonds. The average Bonchev–Trinajstić information content (AvgIpc) is 3.05. The van der Waals surface area contributed by atoms with Gasteiger partial charge < -0.3 is 99.4 Å². The van der Waals surface area contributed by atoms with Gasteiger partial charge in [0.2, 0.25) is 0 Å². The quantitative estimate of drug-likeness (QED) is 0.0565. The van der Waals surface area contributed by atoms with E-state index in [1.165, 1.54) is 0 Å². The Kier molecular flexibility index (Phi) is 17.2. The highest BCUT2D eigenvalue weighted by Crippen LogP contribution is 2.33. The van der Waals surface area contributed by atoms with Crippen molar-refractivity contribution in [3.05, 3.63) is 0 Å². The lowest BCUT2D eigenvalue weighted by Crippen LogP contribution is -2.67. The first-order valence-electron chi connectivity index (χ1n) is 15.0. The minimum atomic E-state index is -1.90. The van der Waals surface area contributed by atoms with E-state index >= 15 is 0 Å². The Hall–Kier alpha value is -0.800. The number of rotatable bonds is 19. The third kappa shape index (κ3) is 10.4. The van der Waals surface area contributed by atoms with Gasteiger partial charge in [0.05, 0.1) is 66.1 Å². The highest BCUT2D eigenvalue weighted by atomic mass is 16.8. The molecule has 0 aromatic rings. The molecule has 3 aliphatic rings. The van der Waals surface area contributed by atoms with Crippen molar-refractivity contribution in [3.8, 4) is 0 Å². The van der Waals surface area contributed by atoms with Crippen LogP contribution in [0.5, 0.6) is 0 Å². The van der Waals surface area contributed by atoms with Crippen LogP contribution in [0.15, 0.2) is 0 Å². The zero-order valence-corrected chi connectivity index (χ0v) is 25.2. The number of hydrogen-bond donors (Lipinski definition) is 11. The number of ether oxygens (including phenoxy) is 9. The standard InChI is InChI=1S/C26H49NO19/c27-1-2-38-3-4-39-5-6-40-7-8-41-25-22(19(35)16(32)13(10-29)43-25)46-26-23(20(36)17(33)14(11-30)44-26)45-24-21(37)18(34)15(31)12(9-28)42-24/h12-26,28-37H,1-11,27H2/t12?,13?,14?,15-,16-,17-,18+,19+,20+,21?,22?,23?,24+,25+,26-/m1/s1. The van der Waals surface area contributed by atoms with E-state index in [0.717, 1.165) is 0 Å². The maximum atomic E-state index is 10.9. The Morgan fingerprint density at radius 1 is 0.435 bits per heavy atom. The summed E-state index contributed by atoms with van der Waals surface area (Å²) in [7, 11) is 0. The summed E-state index contributed by atoms with van der Waals surface area (Å²) in [5, 5.41) is 102. The van der Waals surface area contributed by atoms with Gasteiger partial charge in [0.15, 0.2) is 18.9 Å². The van der Waals surface area contributed by atoms with Gasteiger partial charge in [-0.3, -0.25) is 0 Å². The summed E-state index contributed by atoms with van der Waals surface area (Å²) in [5.74, 6) is 0. The van der Waals surface area contributed by atoms with Gasteiger partial charge in [-0.15, -0.1) is 0 Å². The molecule has 3 fully saturated rings. The number of aliphatic hydroxyl groups is 10. The lowest BCUT2D eigenvalue weighted by Gasteiger charge is -2.48. The summed E-state index contributed by atoms with van der Waals surface area (Å²) in [6.07, 6.45) is -25.1. The van der Waals surface area contributed by atoms with Crippen LogP contribution in [0, 0.1) is 0 Å². The Balaban J connectivity index is 1.67. The minimum Gasteiger partial charge on any atom is -0.394 e. The van der Waals surface area contributed by atoms with E-state index in [-0.39, 0.29) is 26.4 Å². The lowest BCUT2D eigenvalue weighted by molar-refractivity contribution is -0.393. The van der Waals surface area contributed by atoms with Gasteiger partial charge in [-0.1, -0.05) is 0 Å². The van der Waals surface area contributed by atoms with E-state index in [1.54, 1.807) is 0 Å². The van der Waals surface area contributed by atoms with E-state index < -0.39 is 112 Å². The monoisotopic (exact) mass is 679 g/mol. The van der Waals surface area contributed by atoms with E-state index in [0.29, 0.717) is 26.4 Å². The van der Waals surface area contributed by atoms with Crippen LogP contribution in [0.3, 0.4) is 0 Å². The van der Waals surface area contributed by atoms with Crippen molar-refractivity contribution in [2.24, 2.45) is 5.73 Å². The van der Waals surface area contributed by atoms with Crippen LogP contribution >= 0.6 is 0 Å². The topological polar surface area (TPSA) is 311 Å². The minimum absolute atomic E-state index is 0.0301. The van der Waals surface area contributed by atoms with Gasteiger partial charge in [-0.2, -0.15) is 0 Å². The van der Waals surface area contributed by atoms with Crippen LogP contribution in [0.2, 0.25) is 0 Å². The van der Waals surface area contributed by atoms with Crippen LogP contribution in [0.4, 0.5) is 0 Å². The smallest absolute Gasteiger partial charge is 0.187 e. The molecule has 12 N–H and O–H groups in total. The number of aliphatic hydroxyl groups excluding tert-OH is 10. The molecule has 3 saturated heterocycles. The fourth-order valence-electron chi connectivity index (χ4n) is 4.98. The fourth-order valence-corrected chi connectivity index (χ4v) is 4.98. The maximum Gasteiger partial charge on any atom is 0.187 e. The molecule has 46 heavy (non-hydrogen) atoms. The van der Waals surface area contributed by atoms with Gasteiger partial charge in [-0.05, 0) is 0 Å². The predicted molar refractivity (Wildman–Crippen MR) is 146 cm³/mol. The van der Waals surface area contributed by atoms with E-state index in [2.05, 4.69) is 0 Å². The summed E-state index contributed by atoms with van der Waals surface area (Å²) in [6.45, 7) is -0.320. The van der Waals surface area contributed by atoms with Crippen molar-refractivity contribution in [1.82, 2.24) is 0 Å². The molecule has 0 aromatic heterocycles. The average molecular weight is 680 g/mol. The van der Waals surface area contributed by atoms with Crippen LogP contribution in [0.1, 0.15) is 0 Å². The first-order chi connectivity index (χ1) is 22.1. The molecule has 20 heteroatoms. The van der Waals surface area contributed by atoms with E-state index in [9.17, 15) is 51.1 Å². The molecule has 3 heterocycles. The zero-order valence-electron chi connectivity index (χ0n) is 25.2. The van der Waals surface area contributed by atoms with Gasteiger partial charge in [0, 0.05) is 6.54 Å². The molecule has 272 valence electrons. The van der Waals surface area contributed by atoms with E-state index in [4.69, 9.17) is 48.4 Å². The third-order valence-corrected chi connectivity index (χ3v) is 7.60. The van der Waals surface area contributed by atoms with Crippen molar-refractivity contribution in [3.63, 3.8) is 0 Å². The molecular weight excluding hydrogens is 630 g/mol. The maximum absolute atomic E-state index is 10.9. The van der Waals surface area contributed by atoms with Crippen LogP contribution in [-0.4, -0.2) is 216 Å². The number of hydrogen-bond acceptors (Lipinski definition) is 20.